The SMILES string of the molecule is CCCCCCCCCCCCCCCC[N+](C)(C)CCCCCC[N+](C)(C)CCCCOc1ccc(N=Nc2ccccc2)cc1. The number of benzene rings is 2. The fourth-order valence-electron chi connectivity index (χ4n) is 6.44. The maximum atomic E-state index is 5.98. The highest BCUT2D eigenvalue weighted by molar-refractivity contribution is 5.42. The average molecular weight is 651 g/mol. The van der Waals surface area contributed by atoms with Crippen LogP contribution in [-0.4, -0.2) is 69.9 Å². The van der Waals surface area contributed by atoms with Gasteiger partial charge in [-0.25, -0.2) is 0 Å². The molecule has 5 heteroatoms. The van der Waals surface area contributed by atoms with Gasteiger partial charge in [-0.2, -0.15) is 10.2 Å². The molecule has 0 heterocycles. The lowest BCUT2D eigenvalue weighted by molar-refractivity contribution is -0.891. The Morgan fingerprint density at radius 3 is 1.21 bits per heavy atom. The summed E-state index contributed by atoms with van der Waals surface area (Å²) in [5, 5.41) is 8.58. The van der Waals surface area contributed by atoms with E-state index in [2.05, 4.69) is 45.3 Å². The van der Waals surface area contributed by atoms with Crippen LogP contribution in [0, 0.1) is 0 Å². The van der Waals surface area contributed by atoms with Crippen LogP contribution in [0.3, 0.4) is 0 Å². The lowest BCUT2D eigenvalue weighted by Crippen LogP contribution is -2.41. The van der Waals surface area contributed by atoms with Gasteiger partial charge in [0.25, 0.3) is 0 Å². The van der Waals surface area contributed by atoms with E-state index in [0.717, 1.165) is 34.6 Å². The minimum Gasteiger partial charge on any atom is -0.494 e. The minimum absolute atomic E-state index is 0.762. The Morgan fingerprint density at radius 2 is 0.787 bits per heavy atom. The van der Waals surface area contributed by atoms with Crippen LogP contribution >= 0.6 is 0 Å². The first kappa shape index (κ1) is 40.9. The first-order valence-corrected chi connectivity index (χ1v) is 19.6. The lowest BCUT2D eigenvalue weighted by Gasteiger charge is -2.31. The molecular weight excluding hydrogens is 576 g/mol. The maximum absolute atomic E-state index is 5.98. The molecule has 0 aliphatic rings. The van der Waals surface area contributed by atoms with Crippen molar-refractivity contribution < 1.29 is 13.7 Å². The van der Waals surface area contributed by atoms with Crippen LogP contribution in [0.5, 0.6) is 5.75 Å². The van der Waals surface area contributed by atoms with Crippen molar-refractivity contribution in [1.82, 2.24) is 0 Å². The Bertz CT molecular complexity index is 1020. The molecule has 2 aromatic carbocycles. The largest absolute Gasteiger partial charge is 0.494 e. The molecule has 0 saturated carbocycles. The van der Waals surface area contributed by atoms with Gasteiger partial charge < -0.3 is 13.7 Å². The number of hydrogen-bond acceptors (Lipinski definition) is 3. The molecule has 0 fully saturated rings. The standard InChI is InChI=1S/C42H74N4O/c1-6-7-8-9-10-11-12-13-14-15-16-17-18-24-35-45(2,3)36-25-19-20-26-37-46(4,5)38-27-28-39-47-42-33-31-41(32-34-42)44-43-40-29-22-21-23-30-40/h21-23,29-34H,6-20,24-28,35-39H2,1-5H3/q+2. The van der Waals surface area contributed by atoms with Gasteiger partial charge in [0.05, 0.1) is 72.4 Å². The van der Waals surface area contributed by atoms with Crippen LogP contribution in [0.4, 0.5) is 11.4 Å². The van der Waals surface area contributed by atoms with Crippen LogP contribution in [0.15, 0.2) is 64.8 Å². The average Bonchev–Trinajstić information content (AvgIpc) is 3.06. The van der Waals surface area contributed by atoms with Crippen LogP contribution in [0.2, 0.25) is 0 Å². The van der Waals surface area contributed by atoms with E-state index in [4.69, 9.17) is 4.74 Å². The molecule has 0 radical (unpaired) electrons. The summed E-state index contributed by atoms with van der Waals surface area (Å²) in [5.74, 6) is 0.902. The van der Waals surface area contributed by atoms with E-state index in [9.17, 15) is 0 Å². The van der Waals surface area contributed by atoms with Crippen molar-refractivity contribution in [2.75, 3.05) is 61.0 Å². The molecule has 0 aliphatic heterocycles. The normalized spacial score (nSPS) is 12.3. The van der Waals surface area contributed by atoms with E-state index < -0.39 is 0 Å². The van der Waals surface area contributed by atoms with E-state index in [0.29, 0.717) is 0 Å². The van der Waals surface area contributed by atoms with Crippen molar-refractivity contribution >= 4 is 11.4 Å². The Hall–Kier alpha value is -2.24. The Kier molecular flexibility index (Phi) is 22.4. The van der Waals surface area contributed by atoms with Crippen molar-refractivity contribution in [2.24, 2.45) is 10.2 Å². The summed E-state index contributed by atoms with van der Waals surface area (Å²) in [6.07, 6.45) is 27.9. The molecule has 5 nitrogen and oxygen atoms in total. The zero-order chi connectivity index (χ0) is 33.9. The monoisotopic (exact) mass is 651 g/mol. The zero-order valence-electron chi connectivity index (χ0n) is 31.6. The highest BCUT2D eigenvalue weighted by Gasteiger charge is 2.16. The number of nitrogens with zero attached hydrogens (tertiary/aromatic N) is 4. The number of quaternary nitrogens is 2. The van der Waals surface area contributed by atoms with Gasteiger partial charge in [-0.3, -0.25) is 0 Å². The van der Waals surface area contributed by atoms with Crippen molar-refractivity contribution in [3.63, 3.8) is 0 Å². The van der Waals surface area contributed by atoms with Crippen molar-refractivity contribution in [3.8, 4) is 5.75 Å². The molecule has 0 saturated heterocycles. The van der Waals surface area contributed by atoms with Crippen LogP contribution < -0.4 is 4.74 Å². The summed E-state index contributed by atoms with van der Waals surface area (Å²) in [6, 6.07) is 17.7. The Labute approximate surface area is 291 Å². The van der Waals surface area contributed by atoms with Crippen molar-refractivity contribution in [2.45, 2.75) is 135 Å². The highest BCUT2D eigenvalue weighted by Crippen LogP contribution is 2.21. The predicted octanol–water partition coefficient (Wildman–Crippen LogP) is 12.5. The van der Waals surface area contributed by atoms with Gasteiger partial charge in [0.1, 0.15) is 5.75 Å². The second kappa shape index (κ2) is 25.7. The van der Waals surface area contributed by atoms with Gasteiger partial charge >= 0.3 is 0 Å². The van der Waals surface area contributed by atoms with Gasteiger partial charge in [-0.1, -0.05) is 102 Å². The van der Waals surface area contributed by atoms with Crippen LogP contribution in [0.1, 0.15) is 135 Å². The number of hydrogen-bond donors (Lipinski definition) is 0. The molecule has 0 aliphatic carbocycles. The lowest BCUT2D eigenvalue weighted by atomic mass is 10.0. The van der Waals surface area contributed by atoms with E-state index in [1.54, 1.807) is 0 Å². The van der Waals surface area contributed by atoms with Gasteiger partial charge in [-0.15, -0.1) is 0 Å². The zero-order valence-corrected chi connectivity index (χ0v) is 31.6. The van der Waals surface area contributed by atoms with Crippen molar-refractivity contribution in [1.29, 1.82) is 0 Å². The van der Waals surface area contributed by atoms with E-state index in [-0.39, 0.29) is 0 Å². The van der Waals surface area contributed by atoms with Crippen molar-refractivity contribution in [3.05, 3.63) is 54.6 Å². The summed E-state index contributed by atoms with van der Waals surface area (Å²) in [6.45, 7) is 8.23. The summed E-state index contributed by atoms with van der Waals surface area (Å²) < 4.78 is 8.30. The highest BCUT2D eigenvalue weighted by atomic mass is 16.5. The number of azo groups is 1. The maximum Gasteiger partial charge on any atom is 0.119 e. The molecular formula is C42H74N4O+2. The summed E-state index contributed by atoms with van der Waals surface area (Å²) in [7, 11) is 9.67. The smallest absolute Gasteiger partial charge is 0.119 e. The van der Waals surface area contributed by atoms with Gasteiger partial charge in [0.15, 0.2) is 0 Å². The molecule has 2 rings (SSSR count). The molecule has 0 spiro atoms. The fraction of sp³-hybridized carbons (Fsp3) is 0.714. The predicted molar refractivity (Wildman–Crippen MR) is 204 cm³/mol. The van der Waals surface area contributed by atoms with E-state index in [1.807, 2.05) is 54.6 Å². The van der Waals surface area contributed by atoms with E-state index >= 15 is 0 Å². The van der Waals surface area contributed by atoms with Crippen LogP contribution in [0.25, 0.3) is 0 Å². The molecule has 0 atom stereocenters. The van der Waals surface area contributed by atoms with Gasteiger partial charge in [0, 0.05) is 0 Å². The van der Waals surface area contributed by atoms with Gasteiger partial charge in [-0.05, 0) is 87.8 Å². The fourth-order valence-corrected chi connectivity index (χ4v) is 6.44. The number of rotatable bonds is 30. The minimum atomic E-state index is 0.762. The first-order valence-electron chi connectivity index (χ1n) is 19.6. The topological polar surface area (TPSA) is 34.0 Å². The third-order valence-electron chi connectivity index (χ3n) is 9.69. The molecule has 0 amide bonds. The number of ether oxygens (including phenoxy) is 1. The number of unbranched alkanes of at least 4 members (excludes halogenated alkanes) is 17. The third-order valence-corrected chi connectivity index (χ3v) is 9.69. The first-order chi connectivity index (χ1) is 22.8. The molecule has 0 aromatic heterocycles. The van der Waals surface area contributed by atoms with Gasteiger partial charge in [0.2, 0.25) is 0 Å². The summed E-state index contributed by atoms with van der Waals surface area (Å²) in [5.41, 5.74) is 1.70. The Balaban J connectivity index is 1.39. The summed E-state index contributed by atoms with van der Waals surface area (Å²) >= 11 is 0. The summed E-state index contributed by atoms with van der Waals surface area (Å²) in [4.78, 5) is 0. The molecule has 0 unspecified atom stereocenters. The van der Waals surface area contributed by atoms with Crippen LogP contribution in [-0.2, 0) is 0 Å². The van der Waals surface area contributed by atoms with E-state index in [1.165, 1.54) is 153 Å². The second-order valence-electron chi connectivity index (χ2n) is 15.4. The molecule has 0 bridgehead atoms. The third kappa shape index (κ3) is 22.9. The quantitative estimate of drug-likeness (QED) is 0.0470. The Morgan fingerprint density at radius 1 is 0.426 bits per heavy atom. The molecule has 47 heavy (non-hydrogen) atoms. The second-order valence-corrected chi connectivity index (χ2v) is 15.4. The molecule has 2 aromatic rings. The molecule has 0 N–H and O–H groups in total. The molecule has 266 valence electrons.